The lowest BCUT2D eigenvalue weighted by atomic mass is 10.3. The zero-order chi connectivity index (χ0) is 13.8. The first kappa shape index (κ1) is 13.6. The van der Waals surface area contributed by atoms with Crippen LogP contribution in [0.2, 0.25) is 0 Å². The molecule has 7 nitrogen and oxygen atoms in total. The van der Waals surface area contributed by atoms with Crippen LogP contribution in [-0.4, -0.2) is 29.0 Å². The van der Waals surface area contributed by atoms with Crippen LogP contribution in [0, 0.1) is 5.41 Å². The molecule has 1 aromatic rings. The Bertz CT molecular complexity index is 526. The number of allylic oxidation sites excluding steroid dienone is 1. The molecule has 0 fully saturated rings. The molecular formula is C11H15BrN6O. The first-order chi connectivity index (χ1) is 9.08. The summed E-state index contributed by atoms with van der Waals surface area (Å²) in [5, 5.41) is 13.9. The molecule has 5 N–H and O–H groups in total. The third-order valence-electron chi connectivity index (χ3n) is 2.46. The fourth-order valence-corrected chi connectivity index (χ4v) is 1.85. The summed E-state index contributed by atoms with van der Waals surface area (Å²) >= 11 is 3.38. The van der Waals surface area contributed by atoms with Crippen LogP contribution in [0.25, 0.3) is 0 Å². The number of rotatable bonds is 0. The molecule has 2 bridgehead atoms. The van der Waals surface area contributed by atoms with Crippen LogP contribution in [-0.2, 0) is 4.74 Å². The minimum atomic E-state index is -0.00466. The van der Waals surface area contributed by atoms with E-state index in [9.17, 15) is 0 Å². The average Bonchev–Trinajstić information content (AvgIpc) is 2.39. The van der Waals surface area contributed by atoms with Gasteiger partial charge in [-0.25, -0.2) is 4.98 Å². The van der Waals surface area contributed by atoms with E-state index in [1.807, 2.05) is 0 Å². The van der Waals surface area contributed by atoms with Gasteiger partial charge in [0, 0.05) is 18.4 Å². The van der Waals surface area contributed by atoms with Gasteiger partial charge in [-0.1, -0.05) is 0 Å². The van der Waals surface area contributed by atoms with E-state index in [1.165, 1.54) is 0 Å². The van der Waals surface area contributed by atoms with Crippen molar-refractivity contribution in [2.75, 3.05) is 23.8 Å². The number of fused-ring (bicyclic) bond motifs is 2. The highest BCUT2D eigenvalue weighted by Gasteiger charge is 2.14. The molecule has 1 aliphatic heterocycles. The van der Waals surface area contributed by atoms with Crippen LogP contribution in [0.1, 0.15) is 13.3 Å². The van der Waals surface area contributed by atoms with Crippen LogP contribution in [0.5, 0.6) is 0 Å². The van der Waals surface area contributed by atoms with Crippen LogP contribution >= 0.6 is 15.9 Å². The summed E-state index contributed by atoms with van der Waals surface area (Å²) in [5.74, 6) is 1.05. The molecule has 0 saturated carbocycles. The average molecular weight is 327 g/mol. The topological polar surface area (TPSA) is 109 Å². The minimum Gasteiger partial charge on any atom is -0.476 e. The lowest BCUT2D eigenvalue weighted by Crippen LogP contribution is -2.20. The quantitative estimate of drug-likeness (QED) is 0.577. The maximum atomic E-state index is 7.86. The second-order valence-electron chi connectivity index (χ2n) is 4.03. The molecule has 102 valence electrons. The largest absolute Gasteiger partial charge is 0.476 e. The van der Waals surface area contributed by atoms with Gasteiger partial charge in [0.25, 0.3) is 0 Å². The number of hydrogen-bond acceptors (Lipinski definition) is 7. The van der Waals surface area contributed by atoms with Gasteiger partial charge in [0.15, 0.2) is 0 Å². The Morgan fingerprint density at radius 1 is 1.58 bits per heavy atom. The Hall–Kier alpha value is -1.83. The van der Waals surface area contributed by atoms with Crippen LogP contribution in [0.4, 0.5) is 11.8 Å². The van der Waals surface area contributed by atoms with Gasteiger partial charge >= 0.3 is 0 Å². The summed E-state index contributed by atoms with van der Waals surface area (Å²) in [4.78, 5) is 8.45. The van der Waals surface area contributed by atoms with Crippen molar-refractivity contribution in [1.29, 1.82) is 5.41 Å². The standard InChI is InChI=1S/C11H15BrN6O/c1-6(13)8-9(14)19-4-2-3-15-10-7(12)5-16-11(17-8)18-10/h5,14H,2-4,13H2,1H3,(H2,15,16,17,18)/b8-6+,14-9?. The van der Waals surface area contributed by atoms with Gasteiger partial charge in [0.1, 0.15) is 11.5 Å². The summed E-state index contributed by atoms with van der Waals surface area (Å²) in [6.07, 6.45) is 2.40. The predicted octanol–water partition coefficient (Wildman–Crippen LogP) is 1.65. The van der Waals surface area contributed by atoms with E-state index >= 15 is 0 Å². The van der Waals surface area contributed by atoms with Crippen molar-refractivity contribution in [2.45, 2.75) is 13.3 Å². The Balaban J connectivity index is 2.37. The molecular weight excluding hydrogens is 312 g/mol. The second kappa shape index (κ2) is 5.87. The Kier molecular flexibility index (Phi) is 4.20. The molecule has 0 amide bonds. The van der Waals surface area contributed by atoms with E-state index < -0.39 is 0 Å². The molecule has 1 aromatic heterocycles. The number of halogens is 1. The molecule has 0 aromatic carbocycles. The van der Waals surface area contributed by atoms with Crippen LogP contribution in [0.3, 0.4) is 0 Å². The van der Waals surface area contributed by atoms with E-state index in [4.69, 9.17) is 15.9 Å². The summed E-state index contributed by atoms with van der Waals surface area (Å²) in [6, 6.07) is 0. The van der Waals surface area contributed by atoms with Gasteiger partial charge in [-0.15, -0.1) is 0 Å². The molecule has 2 rings (SSSR count). The number of nitrogens with two attached hydrogens (primary N) is 1. The van der Waals surface area contributed by atoms with Crippen LogP contribution < -0.4 is 16.4 Å². The van der Waals surface area contributed by atoms with E-state index in [0.717, 1.165) is 10.9 Å². The van der Waals surface area contributed by atoms with Crippen molar-refractivity contribution in [3.63, 3.8) is 0 Å². The smallest absolute Gasteiger partial charge is 0.232 e. The number of hydrogen-bond donors (Lipinski definition) is 4. The van der Waals surface area contributed by atoms with Crippen molar-refractivity contribution in [3.8, 4) is 0 Å². The highest BCUT2D eigenvalue weighted by molar-refractivity contribution is 9.10. The first-order valence-corrected chi connectivity index (χ1v) is 6.58. The number of anilines is 2. The molecule has 0 atom stereocenters. The Morgan fingerprint density at radius 2 is 2.37 bits per heavy atom. The molecule has 8 heteroatoms. The van der Waals surface area contributed by atoms with Crippen molar-refractivity contribution in [1.82, 2.24) is 9.97 Å². The van der Waals surface area contributed by atoms with E-state index in [0.29, 0.717) is 36.3 Å². The predicted molar refractivity (Wildman–Crippen MR) is 77.0 cm³/mol. The normalized spacial score (nSPS) is 18.5. The van der Waals surface area contributed by atoms with Crippen molar-refractivity contribution in [2.24, 2.45) is 5.73 Å². The number of nitrogens with zero attached hydrogens (tertiary/aromatic N) is 2. The van der Waals surface area contributed by atoms with E-state index in [-0.39, 0.29) is 5.90 Å². The molecule has 0 radical (unpaired) electrons. The third-order valence-corrected chi connectivity index (χ3v) is 3.04. The molecule has 2 heterocycles. The van der Waals surface area contributed by atoms with Crippen molar-refractivity contribution < 1.29 is 4.74 Å². The molecule has 0 saturated heterocycles. The minimum absolute atomic E-state index is 0.00466. The van der Waals surface area contributed by atoms with Crippen LogP contribution in [0.15, 0.2) is 22.1 Å². The van der Waals surface area contributed by atoms with Crippen molar-refractivity contribution >= 4 is 33.6 Å². The highest BCUT2D eigenvalue weighted by Crippen LogP contribution is 2.21. The summed E-state index contributed by atoms with van der Waals surface area (Å²) in [7, 11) is 0. The zero-order valence-electron chi connectivity index (χ0n) is 10.5. The SMILES string of the molecule is C/C(N)=C1\Nc2ncc(Br)c(n2)NCCCOC1=N. The molecule has 0 unspecified atom stereocenters. The second-order valence-corrected chi connectivity index (χ2v) is 4.89. The number of nitrogens with one attached hydrogen (secondary N) is 3. The summed E-state index contributed by atoms with van der Waals surface area (Å²) in [6.45, 7) is 2.83. The Labute approximate surface area is 119 Å². The Morgan fingerprint density at radius 3 is 3.11 bits per heavy atom. The third kappa shape index (κ3) is 3.34. The first-order valence-electron chi connectivity index (χ1n) is 5.79. The number of aromatic nitrogens is 2. The van der Waals surface area contributed by atoms with E-state index in [2.05, 4.69) is 36.5 Å². The molecule has 0 aliphatic carbocycles. The van der Waals surface area contributed by atoms with E-state index in [1.54, 1.807) is 13.1 Å². The maximum Gasteiger partial charge on any atom is 0.232 e. The van der Waals surface area contributed by atoms with Gasteiger partial charge in [0.2, 0.25) is 11.8 Å². The fraction of sp³-hybridized carbons (Fsp3) is 0.364. The number of ether oxygens (including phenoxy) is 1. The van der Waals surface area contributed by atoms with Gasteiger partial charge in [-0.05, 0) is 29.3 Å². The molecule has 19 heavy (non-hydrogen) atoms. The van der Waals surface area contributed by atoms with Gasteiger partial charge in [0.05, 0.1) is 11.1 Å². The summed E-state index contributed by atoms with van der Waals surface area (Å²) < 4.78 is 6.11. The summed E-state index contributed by atoms with van der Waals surface area (Å²) in [5.41, 5.74) is 6.59. The highest BCUT2D eigenvalue weighted by atomic mass is 79.9. The molecule has 1 aliphatic rings. The maximum absolute atomic E-state index is 7.86. The van der Waals surface area contributed by atoms with Crippen molar-refractivity contribution in [3.05, 3.63) is 22.1 Å². The monoisotopic (exact) mass is 326 g/mol. The zero-order valence-corrected chi connectivity index (χ0v) is 12.0. The molecule has 0 spiro atoms. The van der Waals surface area contributed by atoms with Gasteiger partial charge in [-0.3, -0.25) is 5.41 Å². The van der Waals surface area contributed by atoms with Gasteiger partial charge < -0.3 is 21.1 Å². The van der Waals surface area contributed by atoms with Gasteiger partial charge in [-0.2, -0.15) is 4.98 Å². The lowest BCUT2D eigenvalue weighted by molar-refractivity contribution is 0.300. The fourth-order valence-electron chi connectivity index (χ4n) is 1.52. The lowest BCUT2D eigenvalue weighted by Gasteiger charge is -2.13.